The second-order valence-corrected chi connectivity index (χ2v) is 9.81. The van der Waals surface area contributed by atoms with E-state index in [4.69, 9.17) is 4.74 Å². The summed E-state index contributed by atoms with van der Waals surface area (Å²) in [6, 6.07) is 16.7. The number of thioether (sulfide) groups is 2. The molecular weight excluding hydrogens is 378 g/mol. The van der Waals surface area contributed by atoms with E-state index < -0.39 is 0 Å². The molecular formula is C21H25NOS3. The highest BCUT2D eigenvalue weighted by Gasteiger charge is 2.17. The minimum atomic E-state index is 0.432. The van der Waals surface area contributed by atoms with Gasteiger partial charge in [-0.3, -0.25) is 0 Å². The van der Waals surface area contributed by atoms with Crippen LogP contribution in [0.3, 0.4) is 0 Å². The van der Waals surface area contributed by atoms with Crippen molar-refractivity contribution >= 4 is 45.1 Å². The molecule has 26 heavy (non-hydrogen) atoms. The molecule has 0 aliphatic carbocycles. The highest BCUT2D eigenvalue weighted by Crippen LogP contribution is 2.44. The summed E-state index contributed by atoms with van der Waals surface area (Å²) in [6.45, 7) is 5.01. The maximum Gasteiger partial charge on any atom is 0.140 e. The Bertz CT molecular complexity index is 777. The lowest BCUT2D eigenvalue weighted by Gasteiger charge is -2.19. The molecule has 2 nitrogen and oxygen atoms in total. The van der Waals surface area contributed by atoms with Crippen molar-refractivity contribution < 1.29 is 4.74 Å². The monoisotopic (exact) mass is 403 g/mol. The average Bonchev–Trinajstić information content (AvgIpc) is 3.10. The molecule has 1 aromatic heterocycles. The number of rotatable bonds is 10. The van der Waals surface area contributed by atoms with E-state index in [0.29, 0.717) is 11.2 Å². The highest BCUT2D eigenvalue weighted by molar-refractivity contribution is 8.16. The zero-order valence-electron chi connectivity index (χ0n) is 15.3. The van der Waals surface area contributed by atoms with Crippen LogP contribution in [0.15, 0.2) is 48.5 Å². The molecule has 0 saturated carbocycles. The Hall–Kier alpha value is -1.17. The average molecular weight is 404 g/mol. The predicted molar refractivity (Wildman–Crippen MR) is 119 cm³/mol. The van der Waals surface area contributed by atoms with Gasteiger partial charge in [0.05, 0.1) is 14.8 Å². The van der Waals surface area contributed by atoms with Crippen LogP contribution in [0.2, 0.25) is 0 Å². The maximum atomic E-state index is 6.21. The third kappa shape index (κ3) is 5.18. The van der Waals surface area contributed by atoms with Gasteiger partial charge in [0.15, 0.2) is 0 Å². The fourth-order valence-electron chi connectivity index (χ4n) is 2.61. The first-order valence-electron chi connectivity index (χ1n) is 9.11. The molecule has 0 amide bonds. The standard InChI is InChI=1S/C21H25NOS3/c1-3-13-24-21(25-14-4-2)16-9-5-7-11-18(16)23-15-20-22-17-10-6-8-12-19(17)26-20/h5-12,21H,3-4,13-15H2,1-2H3. The quantitative estimate of drug-likeness (QED) is 0.335. The molecule has 0 radical (unpaired) electrons. The van der Waals surface area contributed by atoms with Crippen LogP contribution in [-0.4, -0.2) is 16.5 Å². The van der Waals surface area contributed by atoms with Gasteiger partial charge in [-0.1, -0.05) is 44.2 Å². The first kappa shape index (κ1) is 19.6. The molecule has 0 unspecified atom stereocenters. The first-order chi connectivity index (χ1) is 12.8. The summed E-state index contributed by atoms with van der Waals surface area (Å²) in [5, 5.41) is 1.03. The van der Waals surface area contributed by atoms with Crippen molar-refractivity contribution in [2.24, 2.45) is 0 Å². The smallest absolute Gasteiger partial charge is 0.140 e. The minimum absolute atomic E-state index is 0.432. The Morgan fingerprint density at radius 2 is 1.65 bits per heavy atom. The van der Waals surface area contributed by atoms with Gasteiger partial charge in [-0.05, 0) is 42.5 Å². The molecule has 0 saturated heterocycles. The summed E-state index contributed by atoms with van der Waals surface area (Å²) in [5.74, 6) is 3.34. The van der Waals surface area contributed by atoms with Crippen LogP contribution in [0.1, 0.15) is 41.8 Å². The largest absolute Gasteiger partial charge is 0.486 e. The summed E-state index contributed by atoms with van der Waals surface area (Å²) >= 11 is 5.76. The van der Waals surface area contributed by atoms with E-state index in [1.54, 1.807) is 11.3 Å². The van der Waals surface area contributed by atoms with E-state index in [1.807, 2.05) is 29.6 Å². The van der Waals surface area contributed by atoms with Crippen LogP contribution in [0.4, 0.5) is 0 Å². The number of thiazole rings is 1. The summed E-state index contributed by atoms with van der Waals surface area (Å²) in [4.78, 5) is 4.68. The molecule has 3 rings (SSSR count). The lowest BCUT2D eigenvalue weighted by Crippen LogP contribution is -2.00. The van der Waals surface area contributed by atoms with Gasteiger partial charge in [0.25, 0.3) is 0 Å². The second-order valence-electron chi connectivity index (χ2n) is 5.98. The lowest BCUT2D eigenvalue weighted by atomic mass is 10.2. The van der Waals surface area contributed by atoms with Crippen molar-refractivity contribution in [3.8, 4) is 5.75 Å². The van der Waals surface area contributed by atoms with Gasteiger partial charge in [0.1, 0.15) is 17.4 Å². The molecule has 0 fully saturated rings. The Morgan fingerprint density at radius 1 is 0.962 bits per heavy atom. The number of aromatic nitrogens is 1. The Morgan fingerprint density at radius 3 is 2.38 bits per heavy atom. The summed E-state index contributed by atoms with van der Waals surface area (Å²) in [6.07, 6.45) is 2.39. The van der Waals surface area contributed by atoms with Crippen molar-refractivity contribution in [2.75, 3.05) is 11.5 Å². The van der Waals surface area contributed by atoms with Crippen molar-refractivity contribution in [1.29, 1.82) is 0 Å². The second kappa shape index (κ2) is 10.2. The van der Waals surface area contributed by atoms with Crippen molar-refractivity contribution in [3.63, 3.8) is 0 Å². The van der Waals surface area contributed by atoms with Crippen LogP contribution >= 0.6 is 34.9 Å². The van der Waals surface area contributed by atoms with Crippen molar-refractivity contribution in [1.82, 2.24) is 4.98 Å². The normalized spacial score (nSPS) is 11.3. The van der Waals surface area contributed by atoms with Gasteiger partial charge in [-0.2, -0.15) is 0 Å². The Labute approximate surface area is 168 Å². The van der Waals surface area contributed by atoms with E-state index in [2.05, 4.69) is 61.3 Å². The van der Waals surface area contributed by atoms with Crippen molar-refractivity contribution in [2.45, 2.75) is 37.9 Å². The predicted octanol–water partition coefficient (Wildman–Crippen LogP) is 7.16. The van der Waals surface area contributed by atoms with Gasteiger partial charge in [-0.15, -0.1) is 34.9 Å². The molecule has 0 spiro atoms. The fraction of sp³-hybridized carbons (Fsp3) is 0.381. The number of hydrogen-bond acceptors (Lipinski definition) is 5. The molecule has 0 atom stereocenters. The molecule has 0 N–H and O–H groups in total. The SMILES string of the molecule is CCCSC(SCCC)c1ccccc1OCc1nc2ccccc2s1. The van der Waals surface area contributed by atoms with Gasteiger partial charge in [-0.25, -0.2) is 4.98 Å². The van der Waals surface area contributed by atoms with E-state index in [0.717, 1.165) is 16.3 Å². The first-order valence-corrected chi connectivity index (χ1v) is 12.0. The van der Waals surface area contributed by atoms with Gasteiger partial charge in [0.2, 0.25) is 0 Å². The minimum Gasteiger partial charge on any atom is -0.486 e. The zero-order chi connectivity index (χ0) is 18.2. The Balaban J connectivity index is 1.74. The highest BCUT2D eigenvalue weighted by atomic mass is 32.2. The molecule has 138 valence electrons. The zero-order valence-corrected chi connectivity index (χ0v) is 17.8. The number of fused-ring (bicyclic) bond motifs is 1. The number of nitrogens with zero attached hydrogens (tertiary/aromatic N) is 1. The third-order valence-electron chi connectivity index (χ3n) is 3.81. The molecule has 0 aliphatic heterocycles. The number of ether oxygens (including phenoxy) is 1. The summed E-state index contributed by atoms with van der Waals surface area (Å²) in [7, 11) is 0. The number of benzene rings is 2. The van der Waals surface area contributed by atoms with Crippen LogP contribution in [-0.2, 0) is 6.61 Å². The maximum absolute atomic E-state index is 6.21. The molecule has 0 bridgehead atoms. The molecule has 0 aliphatic rings. The Kier molecular flexibility index (Phi) is 7.71. The van der Waals surface area contributed by atoms with Gasteiger partial charge in [0, 0.05) is 5.56 Å². The number of para-hydroxylation sites is 2. The molecule has 2 aromatic carbocycles. The molecule has 1 heterocycles. The van der Waals surface area contributed by atoms with Crippen LogP contribution in [0.5, 0.6) is 5.75 Å². The summed E-state index contributed by atoms with van der Waals surface area (Å²) < 4.78 is 7.86. The van der Waals surface area contributed by atoms with Crippen molar-refractivity contribution in [3.05, 3.63) is 59.1 Å². The summed E-state index contributed by atoms with van der Waals surface area (Å²) in [5.41, 5.74) is 2.35. The van der Waals surface area contributed by atoms with Crippen LogP contribution in [0.25, 0.3) is 10.2 Å². The van der Waals surface area contributed by atoms with E-state index >= 15 is 0 Å². The number of hydrogen-bond donors (Lipinski definition) is 0. The van der Waals surface area contributed by atoms with E-state index in [9.17, 15) is 0 Å². The lowest BCUT2D eigenvalue weighted by molar-refractivity contribution is 0.303. The van der Waals surface area contributed by atoms with Crippen LogP contribution < -0.4 is 4.74 Å². The van der Waals surface area contributed by atoms with Gasteiger partial charge >= 0.3 is 0 Å². The molecule has 5 heteroatoms. The van der Waals surface area contributed by atoms with Gasteiger partial charge < -0.3 is 4.74 Å². The topological polar surface area (TPSA) is 22.1 Å². The third-order valence-corrected chi connectivity index (χ3v) is 8.04. The molecule has 3 aromatic rings. The fourth-order valence-corrected chi connectivity index (χ4v) is 6.10. The van der Waals surface area contributed by atoms with Crippen LogP contribution in [0, 0.1) is 0 Å². The van der Waals surface area contributed by atoms with E-state index in [1.165, 1.54) is 34.6 Å². The van der Waals surface area contributed by atoms with E-state index in [-0.39, 0.29) is 0 Å².